The summed E-state index contributed by atoms with van der Waals surface area (Å²) in [7, 11) is 1.51. The van der Waals surface area contributed by atoms with Crippen molar-refractivity contribution in [3.63, 3.8) is 0 Å². The van der Waals surface area contributed by atoms with Crippen molar-refractivity contribution in [3.05, 3.63) is 41.8 Å². The van der Waals surface area contributed by atoms with Crippen LogP contribution in [-0.2, 0) is 0 Å². The molecule has 0 aliphatic rings. The molecule has 0 fully saturated rings. The Balaban J connectivity index is 1.93. The number of rotatable bonds is 6. The van der Waals surface area contributed by atoms with Crippen molar-refractivity contribution in [1.29, 1.82) is 0 Å². The Labute approximate surface area is 159 Å². The molecule has 0 bridgehead atoms. The smallest absolute Gasteiger partial charge is 0.215 e. The molecule has 7 nitrogen and oxygen atoms in total. The fraction of sp³-hybridized carbons (Fsp3) is 0.263. The largest absolute Gasteiger partial charge is 0.493 e. The van der Waals surface area contributed by atoms with Crippen LogP contribution in [-0.4, -0.2) is 45.0 Å². The Bertz CT molecular complexity index is 1160. The number of hydrogen-bond acceptors (Lipinski definition) is 6. The van der Waals surface area contributed by atoms with Crippen molar-refractivity contribution in [1.82, 2.24) is 24.6 Å². The number of halogens is 2. The third kappa shape index (κ3) is 3.08. The third-order valence-electron chi connectivity index (χ3n) is 4.25. The van der Waals surface area contributed by atoms with Gasteiger partial charge in [0.15, 0.2) is 17.1 Å². The summed E-state index contributed by atoms with van der Waals surface area (Å²) in [6.07, 6.45) is 0.266. The van der Waals surface area contributed by atoms with Crippen LogP contribution in [0.3, 0.4) is 0 Å². The monoisotopic (exact) mass is 385 g/mol. The fourth-order valence-electron chi connectivity index (χ4n) is 2.91. The molecule has 3 heterocycles. The van der Waals surface area contributed by atoms with Gasteiger partial charge < -0.3 is 9.47 Å². The lowest BCUT2D eigenvalue weighted by molar-refractivity contribution is 0.289. The normalized spacial score (nSPS) is 11.3. The van der Waals surface area contributed by atoms with Gasteiger partial charge in [0.1, 0.15) is 17.1 Å². The van der Waals surface area contributed by atoms with Gasteiger partial charge >= 0.3 is 0 Å². The molecule has 0 spiro atoms. The molecule has 0 amide bonds. The number of pyridine rings is 1. The lowest BCUT2D eigenvalue weighted by Gasteiger charge is -2.09. The molecule has 4 rings (SSSR count). The molecule has 3 aromatic heterocycles. The summed E-state index contributed by atoms with van der Waals surface area (Å²) in [6.45, 7) is 1.49. The average Bonchev–Trinajstić information content (AvgIpc) is 3.06. The van der Waals surface area contributed by atoms with Gasteiger partial charge in [0.05, 0.1) is 31.6 Å². The third-order valence-corrected chi connectivity index (χ3v) is 4.25. The number of methoxy groups -OCH3 is 1. The van der Waals surface area contributed by atoms with Crippen LogP contribution >= 0.6 is 0 Å². The SMILES string of the molecule is COc1ccc2nnc3c(C)nc(-c4cc(OCCCF)ccc4F)n3c2n1. The van der Waals surface area contributed by atoms with E-state index in [4.69, 9.17) is 9.47 Å². The minimum absolute atomic E-state index is 0.204. The van der Waals surface area contributed by atoms with E-state index in [0.29, 0.717) is 40.0 Å². The van der Waals surface area contributed by atoms with Crippen molar-refractivity contribution >= 4 is 16.8 Å². The van der Waals surface area contributed by atoms with Crippen LogP contribution < -0.4 is 9.47 Å². The summed E-state index contributed by atoms with van der Waals surface area (Å²) in [5, 5.41) is 8.36. The lowest BCUT2D eigenvalue weighted by atomic mass is 10.2. The second-order valence-electron chi connectivity index (χ2n) is 6.11. The van der Waals surface area contributed by atoms with E-state index in [2.05, 4.69) is 20.2 Å². The number of nitrogens with zero attached hydrogens (tertiary/aromatic N) is 5. The summed E-state index contributed by atoms with van der Waals surface area (Å²) in [5.74, 6) is 0.665. The van der Waals surface area contributed by atoms with E-state index < -0.39 is 12.5 Å². The second-order valence-corrected chi connectivity index (χ2v) is 6.11. The van der Waals surface area contributed by atoms with Gasteiger partial charge in [-0.05, 0) is 31.2 Å². The van der Waals surface area contributed by atoms with E-state index >= 15 is 0 Å². The number of ether oxygens (including phenoxy) is 2. The van der Waals surface area contributed by atoms with Crippen molar-refractivity contribution in [2.24, 2.45) is 0 Å². The maximum absolute atomic E-state index is 14.7. The first kappa shape index (κ1) is 18.0. The minimum atomic E-state index is -0.476. The summed E-state index contributed by atoms with van der Waals surface area (Å²) in [4.78, 5) is 8.93. The number of benzene rings is 1. The summed E-state index contributed by atoms with van der Waals surface area (Å²) in [6, 6.07) is 7.72. The number of fused-ring (bicyclic) bond motifs is 3. The van der Waals surface area contributed by atoms with Gasteiger partial charge in [0.25, 0.3) is 0 Å². The minimum Gasteiger partial charge on any atom is -0.493 e. The van der Waals surface area contributed by atoms with E-state index in [1.165, 1.54) is 25.3 Å². The molecule has 0 atom stereocenters. The van der Waals surface area contributed by atoms with E-state index in [1.807, 2.05) is 0 Å². The van der Waals surface area contributed by atoms with Crippen LogP contribution in [0.1, 0.15) is 12.1 Å². The van der Waals surface area contributed by atoms with E-state index in [-0.39, 0.29) is 18.6 Å². The van der Waals surface area contributed by atoms with Crippen LogP contribution in [0.4, 0.5) is 8.78 Å². The number of hydrogen-bond donors (Lipinski definition) is 0. The zero-order chi connectivity index (χ0) is 19.7. The summed E-state index contributed by atoms with van der Waals surface area (Å²) >= 11 is 0. The zero-order valence-electron chi connectivity index (χ0n) is 15.3. The van der Waals surface area contributed by atoms with E-state index in [9.17, 15) is 8.78 Å². The molecule has 0 aliphatic heterocycles. The van der Waals surface area contributed by atoms with Crippen molar-refractivity contribution < 1.29 is 18.3 Å². The molecule has 144 valence electrons. The highest BCUT2D eigenvalue weighted by Gasteiger charge is 2.19. The molecule has 0 aliphatic carbocycles. The molecule has 9 heteroatoms. The predicted octanol–water partition coefficient (Wildman–Crippen LogP) is 3.53. The van der Waals surface area contributed by atoms with E-state index in [1.54, 1.807) is 23.5 Å². The van der Waals surface area contributed by atoms with Gasteiger partial charge in [-0.2, -0.15) is 4.98 Å². The van der Waals surface area contributed by atoms with Crippen molar-refractivity contribution in [3.8, 4) is 23.0 Å². The Morgan fingerprint density at radius 3 is 2.71 bits per heavy atom. The molecule has 0 radical (unpaired) electrons. The van der Waals surface area contributed by atoms with Gasteiger partial charge in [0, 0.05) is 12.5 Å². The van der Waals surface area contributed by atoms with Gasteiger partial charge in [-0.1, -0.05) is 0 Å². The first-order valence-electron chi connectivity index (χ1n) is 8.67. The van der Waals surface area contributed by atoms with Crippen molar-refractivity contribution in [2.75, 3.05) is 20.4 Å². The topological polar surface area (TPSA) is 74.4 Å². The Morgan fingerprint density at radius 1 is 1.07 bits per heavy atom. The van der Waals surface area contributed by atoms with Crippen LogP contribution in [0.2, 0.25) is 0 Å². The number of alkyl halides is 1. The van der Waals surface area contributed by atoms with Crippen LogP contribution in [0.25, 0.3) is 28.2 Å². The van der Waals surface area contributed by atoms with Crippen LogP contribution in [0.5, 0.6) is 11.6 Å². The van der Waals surface area contributed by atoms with Crippen LogP contribution in [0.15, 0.2) is 30.3 Å². The lowest BCUT2D eigenvalue weighted by Crippen LogP contribution is -2.02. The first-order chi connectivity index (χ1) is 13.6. The Kier molecular flexibility index (Phi) is 4.72. The van der Waals surface area contributed by atoms with Gasteiger partial charge in [0.2, 0.25) is 5.88 Å². The molecule has 1 aromatic carbocycles. The molecule has 0 saturated heterocycles. The number of imidazole rings is 1. The number of aromatic nitrogens is 5. The quantitative estimate of drug-likeness (QED) is 0.473. The highest BCUT2D eigenvalue weighted by atomic mass is 19.1. The molecule has 0 saturated carbocycles. The van der Waals surface area contributed by atoms with Gasteiger partial charge in [-0.3, -0.25) is 8.79 Å². The number of aryl methyl sites for hydroxylation is 1. The van der Waals surface area contributed by atoms with Gasteiger partial charge in [-0.25, -0.2) is 9.37 Å². The van der Waals surface area contributed by atoms with Gasteiger partial charge in [-0.15, -0.1) is 10.2 Å². The Hall–Kier alpha value is -3.36. The molecule has 28 heavy (non-hydrogen) atoms. The van der Waals surface area contributed by atoms with Crippen LogP contribution in [0, 0.1) is 12.7 Å². The summed E-state index contributed by atoms with van der Waals surface area (Å²) in [5.41, 5.74) is 2.23. The molecule has 4 aromatic rings. The first-order valence-corrected chi connectivity index (χ1v) is 8.67. The van der Waals surface area contributed by atoms with E-state index in [0.717, 1.165) is 0 Å². The average molecular weight is 385 g/mol. The van der Waals surface area contributed by atoms with Crippen molar-refractivity contribution in [2.45, 2.75) is 13.3 Å². The highest BCUT2D eigenvalue weighted by molar-refractivity contribution is 5.78. The predicted molar refractivity (Wildman–Crippen MR) is 98.9 cm³/mol. The standard InChI is InChI=1S/C19H17F2N5O2/c1-11-17-25-24-15-6-7-16(27-2)23-19(15)26(17)18(22-11)13-10-12(4-5-14(13)21)28-9-3-8-20/h4-7,10H,3,8-9H2,1-2H3. The highest BCUT2D eigenvalue weighted by Crippen LogP contribution is 2.30. The Morgan fingerprint density at radius 2 is 1.93 bits per heavy atom. The maximum atomic E-state index is 14.7. The fourth-order valence-corrected chi connectivity index (χ4v) is 2.91. The zero-order valence-corrected chi connectivity index (χ0v) is 15.3. The molecule has 0 N–H and O–H groups in total. The maximum Gasteiger partial charge on any atom is 0.215 e. The second kappa shape index (κ2) is 7.34. The molecular weight excluding hydrogens is 368 g/mol. The molecule has 0 unspecified atom stereocenters. The molecular formula is C19H17F2N5O2. The summed E-state index contributed by atoms with van der Waals surface area (Å²) < 4.78 is 39.3.